The van der Waals surface area contributed by atoms with Gasteiger partial charge in [-0.05, 0) is 37.6 Å². The number of rotatable bonds is 9. The number of aryl methyl sites for hydroxylation is 1. The molecule has 2 aromatic rings. The van der Waals surface area contributed by atoms with E-state index in [1.54, 1.807) is 12.1 Å². The van der Waals surface area contributed by atoms with Crippen molar-refractivity contribution in [1.82, 2.24) is 10.3 Å². The Morgan fingerprint density at radius 1 is 1.07 bits per heavy atom. The number of alkyl halides is 3. The summed E-state index contributed by atoms with van der Waals surface area (Å²) in [6, 6.07) is 9.58. The van der Waals surface area contributed by atoms with Crippen LogP contribution < -0.4 is 5.32 Å². The molecular weight excluding hydrogens is 385 g/mol. The van der Waals surface area contributed by atoms with Crippen LogP contribution in [-0.2, 0) is 6.18 Å². The summed E-state index contributed by atoms with van der Waals surface area (Å²) in [5.41, 5.74) is 1.04. The Kier molecular flexibility index (Phi) is 9.99. The summed E-state index contributed by atoms with van der Waals surface area (Å²) in [4.78, 5) is 3.76. The third-order valence-corrected chi connectivity index (χ3v) is 4.42. The minimum Gasteiger partial charge on any atom is -0.387 e. The molecule has 156 valence electrons. The van der Waals surface area contributed by atoms with Gasteiger partial charge in [-0.2, -0.15) is 26.7 Å². The Labute approximate surface area is 171 Å². The van der Waals surface area contributed by atoms with E-state index in [2.05, 4.69) is 17.2 Å². The van der Waals surface area contributed by atoms with Crippen LogP contribution >= 0.6 is 13.5 Å². The van der Waals surface area contributed by atoms with Gasteiger partial charge in [0.05, 0.1) is 11.8 Å². The van der Waals surface area contributed by atoms with E-state index in [-0.39, 0.29) is 31.3 Å². The number of hydrogen-bond donors (Lipinski definition) is 2. The van der Waals surface area contributed by atoms with Crippen molar-refractivity contribution in [2.45, 2.75) is 51.8 Å². The zero-order valence-electron chi connectivity index (χ0n) is 16.3. The second kappa shape index (κ2) is 11.4. The average Bonchev–Trinajstić information content (AvgIpc) is 2.64. The molecule has 2 N–H and O–H groups in total. The summed E-state index contributed by atoms with van der Waals surface area (Å²) >= 11 is 0. The zero-order chi connectivity index (χ0) is 19.9. The Hall–Kier alpha value is -1.57. The van der Waals surface area contributed by atoms with Crippen LogP contribution in [0.3, 0.4) is 0 Å². The van der Waals surface area contributed by atoms with Gasteiger partial charge in [0.1, 0.15) is 5.69 Å². The Bertz CT molecular complexity index is 721. The number of halogens is 3. The molecule has 3 nitrogen and oxygen atoms in total. The summed E-state index contributed by atoms with van der Waals surface area (Å²) in [7, 11) is 0. The molecule has 0 radical (unpaired) electrons. The molecule has 1 atom stereocenters. The molecule has 1 aromatic carbocycles. The van der Waals surface area contributed by atoms with Gasteiger partial charge < -0.3 is 10.4 Å². The van der Waals surface area contributed by atoms with E-state index in [9.17, 15) is 18.3 Å². The molecule has 0 saturated carbocycles. The van der Waals surface area contributed by atoms with E-state index in [0.717, 1.165) is 43.9 Å². The van der Waals surface area contributed by atoms with E-state index in [1.807, 2.05) is 19.1 Å². The summed E-state index contributed by atoms with van der Waals surface area (Å²) in [5, 5.41) is 13.5. The predicted molar refractivity (Wildman–Crippen MR) is 112 cm³/mol. The first-order valence-corrected chi connectivity index (χ1v) is 9.36. The van der Waals surface area contributed by atoms with Crippen molar-refractivity contribution in [2.75, 3.05) is 13.1 Å². The van der Waals surface area contributed by atoms with Crippen LogP contribution in [0.15, 0.2) is 36.4 Å². The molecule has 0 aliphatic heterocycles. The maximum absolute atomic E-state index is 13.3. The minimum atomic E-state index is -4.57. The number of nitrogens with one attached hydrogen (secondary N) is 1. The van der Waals surface area contributed by atoms with Gasteiger partial charge in [-0.3, -0.25) is 0 Å². The topological polar surface area (TPSA) is 45.1 Å². The molecule has 0 bridgehead atoms. The summed E-state index contributed by atoms with van der Waals surface area (Å²) in [6.45, 7) is 4.98. The van der Waals surface area contributed by atoms with Crippen molar-refractivity contribution in [1.29, 1.82) is 0 Å². The fraction of sp³-hybridized carbons (Fsp3) is 0.476. The highest BCUT2D eigenvalue weighted by Crippen LogP contribution is 2.32. The number of pyridine rings is 1. The van der Waals surface area contributed by atoms with Gasteiger partial charge >= 0.3 is 6.18 Å². The minimum absolute atomic E-state index is 0. The van der Waals surface area contributed by atoms with Crippen molar-refractivity contribution >= 4 is 13.5 Å². The first kappa shape index (κ1) is 24.5. The van der Waals surface area contributed by atoms with Crippen LogP contribution in [0.5, 0.6) is 0 Å². The van der Waals surface area contributed by atoms with Crippen molar-refractivity contribution in [3.8, 4) is 11.3 Å². The molecule has 7 heteroatoms. The van der Waals surface area contributed by atoms with E-state index in [4.69, 9.17) is 0 Å². The first-order chi connectivity index (χ1) is 12.8. The molecule has 0 aliphatic rings. The van der Waals surface area contributed by atoms with Crippen molar-refractivity contribution in [3.63, 3.8) is 0 Å². The van der Waals surface area contributed by atoms with Gasteiger partial charge in [-0.15, -0.1) is 0 Å². The number of benzene rings is 1. The highest BCUT2D eigenvalue weighted by atomic mass is 32.1. The molecule has 0 saturated heterocycles. The summed E-state index contributed by atoms with van der Waals surface area (Å²) in [6.07, 6.45) is -1.21. The second-order valence-corrected chi connectivity index (χ2v) is 6.82. The Morgan fingerprint density at radius 2 is 1.75 bits per heavy atom. The molecule has 0 fully saturated rings. The molecule has 1 aromatic heterocycles. The van der Waals surface area contributed by atoms with Gasteiger partial charge in [0.2, 0.25) is 0 Å². The quantitative estimate of drug-likeness (QED) is 0.541. The Morgan fingerprint density at radius 3 is 2.36 bits per heavy atom. The molecule has 28 heavy (non-hydrogen) atoms. The standard InChI is InChI=1S/C21H27F3N2O.H2S/c1-3-4-5-6-11-25-14-19(27)17-12-18(16-9-7-15(2)8-10-16)26-20(13-17)21(22,23)24;/h7-10,12-13,19,25,27H,3-6,11,14H2,1-2H3;1H2/t19-;/m1./s1. The maximum atomic E-state index is 13.3. The normalized spacial score (nSPS) is 12.5. The van der Waals surface area contributed by atoms with E-state index in [1.165, 1.54) is 6.07 Å². The lowest BCUT2D eigenvalue weighted by Gasteiger charge is -2.16. The number of aliphatic hydroxyl groups is 1. The number of hydrogen-bond acceptors (Lipinski definition) is 3. The van der Waals surface area contributed by atoms with Gasteiger partial charge in [0.25, 0.3) is 0 Å². The number of aromatic nitrogens is 1. The Balaban J connectivity index is 0.00000392. The molecule has 0 spiro atoms. The maximum Gasteiger partial charge on any atom is 0.433 e. The van der Waals surface area contributed by atoms with Crippen molar-refractivity contribution < 1.29 is 18.3 Å². The zero-order valence-corrected chi connectivity index (χ0v) is 17.3. The van der Waals surface area contributed by atoms with E-state index in [0.29, 0.717) is 5.56 Å². The third-order valence-electron chi connectivity index (χ3n) is 4.42. The first-order valence-electron chi connectivity index (χ1n) is 9.36. The smallest absolute Gasteiger partial charge is 0.387 e. The molecule has 2 rings (SSSR count). The van der Waals surface area contributed by atoms with Crippen LogP contribution in [0.25, 0.3) is 11.3 Å². The van der Waals surface area contributed by atoms with Crippen molar-refractivity contribution in [2.24, 2.45) is 0 Å². The second-order valence-electron chi connectivity index (χ2n) is 6.82. The van der Waals surface area contributed by atoms with Crippen LogP contribution in [0.2, 0.25) is 0 Å². The number of unbranched alkanes of at least 4 members (excludes halogenated alkanes) is 3. The largest absolute Gasteiger partial charge is 0.433 e. The number of aliphatic hydroxyl groups excluding tert-OH is 1. The monoisotopic (exact) mass is 414 g/mol. The lowest BCUT2D eigenvalue weighted by atomic mass is 10.0. The SMILES string of the molecule is CCCCCCNC[C@@H](O)c1cc(-c2ccc(C)cc2)nc(C(F)(F)F)c1.S. The molecule has 0 aliphatic carbocycles. The van der Waals surface area contributed by atoms with Gasteiger partial charge in [-0.1, -0.05) is 56.0 Å². The van der Waals surface area contributed by atoms with Crippen LogP contribution in [0, 0.1) is 6.92 Å². The lowest BCUT2D eigenvalue weighted by molar-refractivity contribution is -0.141. The fourth-order valence-electron chi connectivity index (χ4n) is 2.79. The van der Waals surface area contributed by atoms with Crippen molar-refractivity contribution in [3.05, 3.63) is 53.2 Å². The van der Waals surface area contributed by atoms with Gasteiger partial charge in [-0.25, -0.2) is 4.98 Å². The van der Waals surface area contributed by atoms with E-state index < -0.39 is 18.0 Å². The molecular formula is C21H29F3N2OS. The van der Waals surface area contributed by atoms with Gasteiger partial charge in [0, 0.05) is 12.1 Å². The molecule has 1 heterocycles. The lowest BCUT2D eigenvalue weighted by Crippen LogP contribution is -2.23. The van der Waals surface area contributed by atoms with Gasteiger partial charge in [0.15, 0.2) is 0 Å². The highest BCUT2D eigenvalue weighted by molar-refractivity contribution is 7.59. The molecule has 0 unspecified atom stereocenters. The summed E-state index contributed by atoms with van der Waals surface area (Å²) in [5.74, 6) is 0. The van der Waals surface area contributed by atoms with Crippen LogP contribution in [0.4, 0.5) is 13.2 Å². The average molecular weight is 415 g/mol. The summed E-state index contributed by atoms with van der Waals surface area (Å²) < 4.78 is 39.8. The third kappa shape index (κ3) is 7.45. The molecule has 0 amide bonds. The highest BCUT2D eigenvalue weighted by Gasteiger charge is 2.33. The van der Waals surface area contributed by atoms with E-state index >= 15 is 0 Å². The van der Waals surface area contributed by atoms with Crippen LogP contribution in [-0.4, -0.2) is 23.2 Å². The number of nitrogens with zero attached hydrogens (tertiary/aromatic N) is 1. The predicted octanol–water partition coefficient (Wildman–Crippen LogP) is 5.39. The fourth-order valence-corrected chi connectivity index (χ4v) is 2.79. The van der Waals surface area contributed by atoms with Crippen LogP contribution in [0.1, 0.15) is 55.5 Å².